The average molecular weight is 476 g/mol. The van der Waals surface area contributed by atoms with Crippen LogP contribution in [0.4, 0.5) is 5.69 Å². The van der Waals surface area contributed by atoms with Gasteiger partial charge in [-0.3, -0.25) is 4.79 Å². The van der Waals surface area contributed by atoms with E-state index in [1.165, 1.54) is 16.4 Å². The number of anilines is 1. The second-order valence-corrected chi connectivity index (χ2v) is 8.28. The van der Waals surface area contributed by atoms with E-state index in [4.69, 9.17) is 15.3 Å². The summed E-state index contributed by atoms with van der Waals surface area (Å²) in [4.78, 5) is 15.0. The molecule has 0 atom stereocenters. The number of ether oxygens (including phenoxy) is 2. The largest absolute Gasteiger partial charge is 0.493 e. The lowest BCUT2D eigenvalue weighted by Crippen LogP contribution is -2.32. The summed E-state index contributed by atoms with van der Waals surface area (Å²) in [7, 11) is 3.14. The molecule has 0 aliphatic rings. The van der Waals surface area contributed by atoms with Gasteiger partial charge in [0.2, 0.25) is 11.1 Å². The summed E-state index contributed by atoms with van der Waals surface area (Å²) in [5, 5.41) is 8.83. The van der Waals surface area contributed by atoms with E-state index in [9.17, 15) is 4.79 Å². The molecule has 1 heterocycles. The van der Waals surface area contributed by atoms with Crippen molar-refractivity contribution in [3.63, 3.8) is 0 Å². The summed E-state index contributed by atoms with van der Waals surface area (Å²) in [6, 6.07) is 24.9. The lowest BCUT2D eigenvalue weighted by molar-refractivity contribution is -0.116. The van der Waals surface area contributed by atoms with Crippen LogP contribution in [0.2, 0.25) is 0 Å². The highest BCUT2D eigenvalue weighted by molar-refractivity contribution is 7.99. The van der Waals surface area contributed by atoms with E-state index in [0.717, 1.165) is 16.8 Å². The van der Waals surface area contributed by atoms with Crippen molar-refractivity contribution in [3.05, 3.63) is 84.4 Å². The number of carbonyl (C=O) groups is 1. The third-order valence-electron chi connectivity index (χ3n) is 5.18. The molecule has 0 radical (unpaired) electrons. The van der Waals surface area contributed by atoms with E-state index in [2.05, 4.69) is 10.2 Å². The van der Waals surface area contributed by atoms with E-state index in [1.807, 2.05) is 66.7 Å². The number of rotatable bonds is 9. The number of hydrogen-bond acceptors (Lipinski definition) is 7. The SMILES string of the molecule is COc1ccc(-c2nnc(SCC(=O)N(Cc3ccccc3)c3ccccc3)n2N)cc1OC. The molecule has 1 amide bonds. The molecule has 0 fully saturated rings. The number of aromatic nitrogens is 3. The zero-order chi connectivity index (χ0) is 23.9. The van der Waals surface area contributed by atoms with E-state index in [-0.39, 0.29) is 11.7 Å². The van der Waals surface area contributed by atoms with Gasteiger partial charge >= 0.3 is 0 Å². The van der Waals surface area contributed by atoms with Gasteiger partial charge in [0, 0.05) is 11.3 Å². The quantitative estimate of drug-likeness (QED) is 0.289. The minimum Gasteiger partial charge on any atom is -0.493 e. The number of nitrogen functional groups attached to an aromatic ring is 1. The van der Waals surface area contributed by atoms with Gasteiger partial charge in [0.25, 0.3) is 0 Å². The highest BCUT2D eigenvalue weighted by atomic mass is 32.2. The zero-order valence-electron chi connectivity index (χ0n) is 18.9. The van der Waals surface area contributed by atoms with Crippen LogP contribution in [0, 0.1) is 0 Å². The van der Waals surface area contributed by atoms with Gasteiger partial charge in [0.15, 0.2) is 17.3 Å². The monoisotopic (exact) mass is 475 g/mol. The number of amides is 1. The van der Waals surface area contributed by atoms with E-state index in [0.29, 0.717) is 29.0 Å². The molecule has 2 N–H and O–H groups in total. The fourth-order valence-corrected chi connectivity index (χ4v) is 4.18. The molecule has 0 saturated heterocycles. The predicted octanol–water partition coefficient (Wildman–Crippen LogP) is 4.00. The first-order valence-electron chi connectivity index (χ1n) is 10.6. The van der Waals surface area contributed by atoms with Crippen molar-refractivity contribution >= 4 is 23.4 Å². The zero-order valence-corrected chi connectivity index (χ0v) is 19.7. The molecule has 34 heavy (non-hydrogen) atoms. The van der Waals surface area contributed by atoms with Crippen molar-refractivity contribution in [1.82, 2.24) is 14.9 Å². The van der Waals surface area contributed by atoms with Crippen LogP contribution in [0.3, 0.4) is 0 Å². The molecule has 0 bridgehead atoms. The second kappa shape index (κ2) is 10.8. The molecule has 4 aromatic rings. The lowest BCUT2D eigenvalue weighted by Gasteiger charge is -2.23. The van der Waals surface area contributed by atoms with Crippen molar-refractivity contribution in [2.75, 3.05) is 30.7 Å². The Labute approximate surface area is 202 Å². The van der Waals surface area contributed by atoms with Crippen molar-refractivity contribution in [3.8, 4) is 22.9 Å². The predicted molar refractivity (Wildman–Crippen MR) is 134 cm³/mol. The van der Waals surface area contributed by atoms with E-state index < -0.39 is 0 Å². The Morgan fingerprint density at radius 2 is 1.62 bits per heavy atom. The molecule has 0 aliphatic heterocycles. The van der Waals surface area contributed by atoms with Gasteiger partial charge in [-0.1, -0.05) is 60.3 Å². The summed E-state index contributed by atoms with van der Waals surface area (Å²) in [6.45, 7) is 0.469. The summed E-state index contributed by atoms with van der Waals surface area (Å²) in [6.07, 6.45) is 0. The Morgan fingerprint density at radius 3 is 2.29 bits per heavy atom. The minimum atomic E-state index is -0.0595. The molecule has 9 heteroatoms. The van der Waals surface area contributed by atoms with Crippen LogP contribution < -0.4 is 20.2 Å². The van der Waals surface area contributed by atoms with Crippen LogP contribution in [0.1, 0.15) is 5.56 Å². The molecule has 4 rings (SSSR count). The van der Waals surface area contributed by atoms with Gasteiger partial charge < -0.3 is 20.2 Å². The normalized spacial score (nSPS) is 10.6. The van der Waals surface area contributed by atoms with Gasteiger partial charge in [0.05, 0.1) is 26.5 Å². The summed E-state index contributed by atoms with van der Waals surface area (Å²) < 4.78 is 12.0. The summed E-state index contributed by atoms with van der Waals surface area (Å²) in [5.41, 5.74) is 2.60. The van der Waals surface area contributed by atoms with Crippen LogP contribution in [0.5, 0.6) is 11.5 Å². The first kappa shape index (κ1) is 23.2. The Kier molecular flexibility index (Phi) is 7.34. The standard InChI is InChI=1S/C25H25N5O3S/c1-32-21-14-13-19(15-22(21)33-2)24-27-28-25(30(24)26)34-17-23(31)29(20-11-7-4-8-12-20)16-18-9-5-3-6-10-18/h3-15H,16-17,26H2,1-2H3. The molecule has 8 nitrogen and oxygen atoms in total. The number of methoxy groups -OCH3 is 2. The van der Waals surface area contributed by atoms with Gasteiger partial charge in [-0.25, -0.2) is 4.68 Å². The molecule has 174 valence electrons. The molecular formula is C25H25N5O3S. The van der Waals surface area contributed by atoms with Crippen molar-refractivity contribution in [1.29, 1.82) is 0 Å². The molecular weight excluding hydrogens is 450 g/mol. The number of carbonyl (C=O) groups excluding carboxylic acids is 1. The number of nitrogens with zero attached hydrogens (tertiary/aromatic N) is 4. The summed E-state index contributed by atoms with van der Waals surface area (Å²) in [5.74, 6) is 7.99. The van der Waals surface area contributed by atoms with Gasteiger partial charge in [-0.05, 0) is 35.9 Å². The first-order chi connectivity index (χ1) is 16.6. The number of hydrogen-bond donors (Lipinski definition) is 1. The molecule has 0 spiro atoms. The highest BCUT2D eigenvalue weighted by Gasteiger charge is 2.20. The highest BCUT2D eigenvalue weighted by Crippen LogP contribution is 2.32. The third-order valence-corrected chi connectivity index (χ3v) is 6.11. The Balaban J connectivity index is 1.51. The smallest absolute Gasteiger partial charge is 0.237 e. The molecule has 1 aromatic heterocycles. The van der Waals surface area contributed by atoms with Crippen LogP contribution in [0.15, 0.2) is 84.0 Å². The van der Waals surface area contributed by atoms with E-state index >= 15 is 0 Å². The van der Waals surface area contributed by atoms with Crippen molar-refractivity contribution in [2.24, 2.45) is 0 Å². The number of thioether (sulfide) groups is 1. The molecule has 0 aliphatic carbocycles. The topological polar surface area (TPSA) is 95.5 Å². The van der Waals surface area contributed by atoms with Crippen LogP contribution in [-0.4, -0.2) is 40.8 Å². The maximum atomic E-state index is 13.2. The molecule has 0 unspecified atom stereocenters. The van der Waals surface area contributed by atoms with Crippen molar-refractivity contribution in [2.45, 2.75) is 11.7 Å². The number of para-hydroxylation sites is 1. The van der Waals surface area contributed by atoms with Gasteiger partial charge in [-0.2, -0.15) is 0 Å². The van der Waals surface area contributed by atoms with Crippen LogP contribution >= 0.6 is 11.8 Å². The maximum absolute atomic E-state index is 13.2. The Hall–Kier alpha value is -3.98. The van der Waals surface area contributed by atoms with Gasteiger partial charge in [0.1, 0.15) is 0 Å². The van der Waals surface area contributed by atoms with E-state index in [1.54, 1.807) is 31.3 Å². The second-order valence-electron chi connectivity index (χ2n) is 7.34. The van der Waals surface area contributed by atoms with Gasteiger partial charge in [-0.15, -0.1) is 10.2 Å². The lowest BCUT2D eigenvalue weighted by atomic mass is 10.2. The Bertz CT molecular complexity index is 1250. The minimum absolute atomic E-state index is 0.0595. The fraction of sp³-hybridized carbons (Fsp3) is 0.160. The maximum Gasteiger partial charge on any atom is 0.237 e. The number of benzene rings is 3. The van der Waals surface area contributed by atoms with Crippen LogP contribution in [-0.2, 0) is 11.3 Å². The molecule has 0 saturated carbocycles. The van der Waals surface area contributed by atoms with Crippen LogP contribution in [0.25, 0.3) is 11.4 Å². The third kappa shape index (κ3) is 5.15. The fourth-order valence-electron chi connectivity index (χ4n) is 3.45. The first-order valence-corrected chi connectivity index (χ1v) is 11.5. The average Bonchev–Trinajstić information content (AvgIpc) is 3.26. The molecule has 3 aromatic carbocycles. The number of nitrogens with two attached hydrogens (primary N) is 1. The van der Waals surface area contributed by atoms with Crippen molar-refractivity contribution < 1.29 is 14.3 Å². The Morgan fingerprint density at radius 1 is 0.941 bits per heavy atom. The summed E-state index contributed by atoms with van der Waals surface area (Å²) >= 11 is 1.24.